The molecule has 0 amide bonds. The first kappa shape index (κ1) is 16.0. The van der Waals surface area contributed by atoms with Crippen molar-refractivity contribution in [2.24, 2.45) is 0 Å². The van der Waals surface area contributed by atoms with Crippen LogP contribution >= 0.6 is 12.4 Å². The van der Waals surface area contributed by atoms with E-state index >= 15 is 0 Å². The minimum atomic E-state index is 0. The van der Waals surface area contributed by atoms with Crippen LogP contribution in [-0.4, -0.2) is 34.7 Å². The molecule has 1 fully saturated rings. The zero-order valence-corrected chi connectivity index (χ0v) is 13.2. The molecule has 2 heterocycles. The van der Waals surface area contributed by atoms with Gasteiger partial charge in [0.15, 0.2) is 0 Å². The molecule has 2 N–H and O–H groups in total. The largest absolute Gasteiger partial charge is 0.314 e. The van der Waals surface area contributed by atoms with Gasteiger partial charge in [-0.1, -0.05) is 31.2 Å². The van der Waals surface area contributed by atoms with Gasteiger partial charge in [0.25, 0.3) is 0 Å². The zero-order chi connectivity index (χ0) is 13.8. The number of hydrogen-bond donors (Lipinski definition) is 2. The highest BCUT2D eigenvalue weighted by molar-refractivity contribution is 5.85. The molecule has 5 heteroatoms. The van der Waals surface area contributed by atoms with Gasteiger partial charge in [0.2, 0.25) is 0 Å². The van der Waals surface area contributed by atoms with E-state index in [1.807, 2.05) is 6.20 Å². The number of nitrogens with one attached hydrogen (secondary N) is 2. The van der Waals surface area contributed by atoms with E-state index in [-0.39, 0.29) is 12.4 Å². The lowest BCUT2D eigenvalue weighted by Gasteiger charge is -2.36. The fourth-order valence-corrected chi connectivity index (χ4v) is 2.83. The Labute approximate surface area is 132 Å². The van der Waals surface area contributed by atoms with Gasteiger partial charge < -0.3 is 5.32 Å². The highest BCUT2D eigenvalue weighted by Crippen LogP contribution is 2.24. The molecule has 1 aliphatic heterocycles. The molecule has 1 atom stereocenters. The Morgan fingerprint density at radius 1 is 1.24 bits per heavy atom. The number of piperazine rings is 1. The van der Waals surface area contributed by atoms with E-state index in [1.165, 1.54) is 16.8 Å². The molecule has 0 bridgehead atoms. The lowest BCUT2D eigenvalue weighted by atomic mass is 10.0. The fourth-order valence-electron chi connectivity index (χ4n) is 2.83. The van der Waals surface area contributed by atoms with Crippen molar-refractivity contribution in [3.8, 4) is 0 Å². The van der Waals surface area contributed by atoms with E-state index in [4.69, 9.17) is 0 Å². The fraction of sp³-hybridized carbons (Fsp3) is 0.438. The summed E-state index contributed by atoms with van der Waals surface area (Å²) >= 11 is 0. The van der Waals surface area contributed by atoms with Gasteiger partial charge in [0.1, 0.15) is 0 Å². The number of aryl methyl sites for hydroxylation is 1. The van der Waals surface area contributed by atoms with E-state index in [0.717, 1.165) is 32.6 Å². The van der Waals surface area contributed by atoms with Gasteiger partial charge in [-0.25, -0.2) is 0 Å². The second-order valence-electron chi connectivity index (χ2n) is 5.37. The monoisotopic (exact) mass is 306 g/mol. The minimum absolute atomic E-state index is 0. The molecule has 1 saturated heterocycles. The molecule has 0 aliphatic carbocycles. The number of aromatic amines is 1. The van der Waals surface area contributed by atoms with Crippen molar-refractivity contribution < 1.29 is 0 Å². The van der Waals surface area contributed by atoms with Gasteiger partial charge in [0, 0.05) is 44.1 Å². The Morgan fingerprint density at radius 2 is 2.05 bits per heavy atom. The van der Waals surface area contributed by atoms with Gasteiger partial charge in [-0.05, 0) is 23.6 Å². The lowest BCUT2D eigenvalue weighted by molar-refractivity contribution is 0.152. The van der Waals surface area contributed by atoms with Gasteiger partial charge in [0.05, 0.1) is 0 Å². The average Bonchev–Trinajstić information content (AvgIpc) is 3.01. The second kappa shape index (κ2) is 7.59. The molecule has 1 aromatic heterocycles. The van der Waals surface area contributed by atoms with E-state index in [9.17, 15) is 0 Å². The minimum Gasteiger partial charge on any atom is -0.314 e. The summed E-state index contributed by atoms with van der Waals surface area (Å²) in [5.41, 5.74) is 3.98. The van der Waals surface area contributed by atoms with Gasteiger partial charge in [-0.2, -0.15) is 5.10 Å². The van der Waals surface area contributed by atoms with E-state index in [0.29, 0.717) is 6.04 Å². The topological polar surface area (TPSA) is 44.0 Å². The molecule has 114 valence electrons. The summed E-state index contributed by atoms with van der Waals surface area (Å²) in [6, 6.07) is 11.5. The number of H-pyrrole nitrogens is 1. The van der Waals surface area contributed by atoms with Gasteiger partial charge >= 0.3 is 0 Å². The van der Waals surface area contributed by atoms with Crippen molar-refractivity contribution in [1.29, 1.82) is 0 Å². The molecular weight excluding hydrogens is 284 g/mol. The number of rotatable bonds is 4. The van der Waals surface area contributed by atoms with E-state index in [1.54, 1.807) is 0 Å². The Hall–Kier alpha value is -1.36. The molecule has 2 aromatic rings. The third-order valence-electron chi connectivity index (χ3n) is 4.06. The maximum atomic E-state index is 4.04. The highest BCUT2D eigenvalue weighted by atomic mass is 35.5. The van der Waals surface area contributed by atoms with Crippen molar-refractivity contribution in [1.82, 2.24) is 20.4 Å². The summed E-state index contributed by atoms with van der Waals surface area (Å²) in [5, 5.41) is 10.6. The van der Waals surface area contributed by atoms with Crippen LogP contribution in [0.4, 0.5) is 0 Å². The molecule has 0 saturated carbocycles. The van der Waals surface area contributed by atoms with Crippen molar-refractivity contribution >= 4 is 12.4 Å². The molecule has 1 aromatic carbocycles. The molecule has 1 unspecified atom stereocenters. The summed E-state index contributed by atoms with van der Waals surface area (Å²) in [4.78, 5) is 2.52. The first-order valence-corrected chi connectivity index (χ1v) is 7.38. The number of aromatic nitrogens is 2. The first-order chi connectivity index (χ1) is 9.86. The van der Waals surface area contributed by atoms with Crippen LogP contribution in [0.2, 0.25) is 0 Å². The quantitative estimate of drug-likeness (QED) is 0.912. The molecule has 0 radical (unpaired) electrons. The van der Waals surface area contributed by atoms with Crippen LogP contribution in [0, 0.1) is 0 Å². The van der Waals surface area contributed by atoms with Crippen molar-refractivity contribution in [2.45, 2.75) is 25.9 Å². The molecule has 1 aliphatic rings. The Kier molecular flexibility index (Phi) is 5.79. The molecule has 21 heavy (non-hydrogen) atoms. The van der Waals surface area contributed by atoms with Gasteiger partial charge in [-0.15, -0.1) is 12.4 Å². The molecule has 0 spiro atoms. The highest BCUT2D eigenvalue weighted by Gasteiger charge is 2.23. The van der Waals surface area contributed by atoms with Crippen LogP contribution in [0.25, 0.3) is 0 Å². The van der Waals surface area contributed by atoms with Crippen LogP contribution < -0.4 is 5.32 Å². The van der Waals surface area contributed by atoms with Crippen LogP contribution in [0.3, 0.4) is 0 Å². The molecule has 4 nitrogen and oxygen atoms in total. The van der Waals surface area contributed by atoms with Crippen LogP contribution in [0.1, 0.15) is 29.8 Å². The summed E-state index contributed by atoms with van der Waals surface area (Å²) in [6.07, 6.45) is 2.92. The molecule has 3 rings (SSSR count). The standard InChI is InChI=1S/C16H22N4.ClH/c1-2-13-3-5-14(6-4-13)16-11-17-9-10-20(16)12-15-7-8-18-19-15;/h3-8,16-17H,2,9-12H2,1H3,(H,18,19);1H. The first-order valence-electron chi connectivity index (χ1n) is 7.38. The number of nitrogens with zero attached hydrogens (tertiary/aromatic N) is 2. The van der Waals surface area contributed by atoms with Gasteiger partial charge in [-0.3, -0.25) is 10.00 Å². The third kappa shape index (κ3) is 3.84. The predicted molar refractivity (Wildman–Crippen MR) is 87.7 cm³/mol. The molecular formula is C16H23ClN4. The zero-order valence-electron chi connectivity index (χ0n) is 12.4. The Bertz CT molecular complexity index is 524. The SMILES string of the molecule is CCc1ccc(C2CNCCN2Cc2ccn[nH]2)cc1.Cl. The summed E-state index contributed by atoms with van der Waals surface area (Å²) < 4.78 is 0. The lowest BCUT2D eigenvalue weighted by Crippen LogP contribution is -2.45. The smallest absolute Gasteiger partial charge is 0.0492 e. The maximum Gasteiger partial charge on any atom is 0.0492 e. The summed E-state index contributed by atoms with van der Waals surface area (Å²) in [7, 11) is 0. The van der Waals surface area contributed by atoms with Crippen LogP contribution in [0.5, 0.6) is 0 Å². The second-order valence-corrected chi connectivity index (χ2v) is 5.37. The average molecular weight is 307 g/mol. The Balaban J connectivity index is 0.00000161. The predicted octanol–water partition coefficient (Wildman–Crippen LogP) is 2.54. The number of hydrogen-bond acceptors (Lipinski definition) is 3. The normalized spacial score (nSPS) is 19.2. The summed E-state index contributed by atoms with van der Waals surface area (Å²) in [5.74, 6) is 0. The maximum absolute atomic E-state index is 4.04. The Morgan fingerprint density at radius 3 is 2.71 bits per heavy atom. The van der Waals surface area contributed by atoms with Crippen LogP contribution in [0.15, 0.2) is 36.5 Å². The summed E-state index contributed by atoms with van der Waals surface area (Å²) in [6.45, 7) is 6.26. The van der Waals surface area contributed by atoms with Crippen molar-refractivity contribution in [3.05, 3.63) is 53.3 Å². The number of benzene rings is 1. The van der Waals surface area contributed by atoms with Crippen molar-refractivity contribution in [3.63, 3.8) is 0 Å². The third-order valence-corrected chi connectivity index (χ3v) is 4.06. The van der Waals surface area contributed by atoms with E-state index < -0.39 is 0 Å². The van der Waals surface area contributed by atoms with E-state index in [2.05, 4.69) is 57.7 Å². The number of halogens is 1. The van der Waals surface area contributed by atoms with Crippen LogP contribution in [-0.2, 0) is 13.0 Å². The van der Waals surface area contributed by atoms with Crippen molar-refractivity contribution in [2.75, 3.05) is 19.6 Å².